The highest BCUT2D eigenvalue weighted by Crippen LogP contribution is 2.24. The summed E-state index contributed by atoms with van der Waals surface area (Å²) >= 11 is 0. The van der Waals surface area contributed by atoms with E-state index in [9.17, 15) is 4.79 Å². The molecule has 1 atom stereocenters. The largest absolute Gasteiger partial charge is 0.369 e. The number of nitrogens with two attached hydrogens (primary N) is 1. The summed E-state index contributed by atoms with van der Waals surface area (Å²) in [7, 11) is 1.79. The van der Waals surface area contributed by atoms with Gasteiger partial charge in [0.25, 0.3) is 0 Å². The number of hydrogen-bond donors (Lipinski definition) is 3. The Bertz CT molecular complexity index is 718. The van der Waals surface area contributed by atoms with E-state index in [2.05, 4.69) is 64.2 Å². The normalized spacial score (nSPS) is 16.9. The minimum Gasteiger partial charge on any atom is -0.369 e. The molecule has 0 bridgehead atoms. The molecule has 1 aromatic heterocycles. The van der Waals surface area contributed by atoms with Gasteiger partial charge in [-0.3, -0.25) is 14.7 Å². The van der Waals surface area contributed by atoms with Gasteiger partial charge >= 0.3 is 0 Å². The van der Waals surface area contributed by atoms with Gasteiger partial charge in [0.1, 0.15) is 5.82 Å². The summed E-state index contributed by atoms with van der Waals surface area (Å²) in [6.07, 6.45) is 4.66. The first-order valence-corrected chi connectivity index (χ1v) is 11.5. The Hall–Kier alpha value is -1.62. The fourth-order valence-corrected chi connectivity index (χ4v) is 4.24. The molecule has 0 saturated carbocycles. The van der Waals surface area contributed by atoms with Crippen LogP contribution in [0.4, 0.5) is 5.82 Å². The van der Waals surface area contributed by atoms with Crippen molar-refractivity contribution in [2.24, 2.45) is 16.6 Å². The first kappa shape index (κ1) is 28.4. The number of amides is 1. The first-order chi connectivity index (χ1) is 14.8. The molecule has 1 aromatic rings. The number of guanidine groups is 1. The first-order valence-electron chi connectivity index (χ1n) is 11.5. The van der Waals surface area contributed by atoms with Crippen molar-refractivity contribution in [3.63, 3.8) is 0 Å². The Morgan fingerprint density at radius 1 is 1.31 bits per heavy atom. The van der Waals surface area contributed by atoms with Crippen LogP contribution in [0.15, 0.2) is 23.3 Å². The third-order valence-corrected chi connectivity index (χ3v) is 5.87. The number of halogens is 1. The Morgan fingerprint density at radius 2 is 2.03 bits per heavy atom. The van der Waals surface area contributed by atoms with Gasteiger partial charge in [0.2, 0.25) is 5.91 Å². The smallest absolute Gasteiger partial charge is 0.222 e. The molecule has 0 radical (unpaired) electrons. The molecule has 1 unspecified atom stereocenters. The molecule has 4 N–H and O–H groups in total. The molecule has 1 aliphatic rings. The molecule has 1 aliphatic heterocycles. The summed E-state index contributed by atoms with van der Waals surface area (Å²) < 4.78 is 0. The minimum atomic E-state index is -0.224. The third kappa shape index (κ3) is 8.73. The van der Waals surface area contributed by atoms with Crippen molar-refractivity contribution >= 4 is 41.7 Å². The van der Waals surface area contributed by atoms with Gasteiger partial charge in [-0.2, -0.15) is 0 Å². The van der Waals surface area contributed by atoms with Crippen molar-refractivity contribution in [1.82, 2.24) is 20.5 Å². The van der Waals surface area contributed by atoms with Gasteiger partial charge in [0.15, 0.2) is 5.96 Å². The molecule has 9 heteroatoms. The SMILES string of the molecule is CN=C(NCCCN(C(C)C)C(C)C)NCc1cccnc1N1CCCC(C(N)=O)C1.I. The predicted molar refractivity (Wildman–Crippen MR) is 144 cm³/mol. The minimum absolute atomic E-state index is 0. The lowest BCUT2D eigenvalue weighted by atomic mass is 9.97. The van der Waals surface area contributed by atoms with Crippen molar-refractivity contribution in [2.45, 2.75) is 65.6 Å². The Labute approximate surface area is 210 Å². The van der Waals surface area contributed by atoms with E-state index in [0.717, 1.165) is 56.2 Å². The number of carbonyl (C=O) groups excluding carboxylic acids is 1. The van der Waals surface area contributed by atoms with E-state index in [1.165, 1.54) is 0 Å². The van der Waals surface area contributed by atoms with E-state index >= 15 is 0 Å². The quantitative estimate of drug-likeness (QED) is 0.177. The zero-order valence-corrected chi connectivity index (χ0v) is 22.6. The average molecular weight is 560 g/mol. The topological polar surface area (TPSA) is 98.9 Å². The van der Waals surface area contributed by atoms with Crippen LogP contribution in [-0.2, 0) is 11.3 Å². The second-order valence-corrected chi connectivity index (χ2v) is 8.81. The number of aromatic nitrogens is 1. The molecular formula is C23H42IN7O. The summed E-state index contributed by atoms with van der Waals surface area (Å²) in [5, 5.41) is 6.81. The van der Waals surface area contributed by atoms with Crippen LogP contribution in [0.3, 0.4) is 0 Å². The molecule has 0 aliphatic carbocycles. The lowest BCUT2D eigenvalue weighted by molar-refractivity contribution is -0.122. The second-order valence-electron chi connectivity index (χ2n) is 8.81. The van der Waals surface area contributed by atoms with Gasteiger partial charge in [-0.05, 0) is 53.0 Å². The fraction of sp³-hybridized carbons (Fsp3) is 0.696. The number of piperidine rings is 1. The van der Waals surface area contributed by atoms with Crippen molar-refractivity contribution < 1.29 is 4.79 Å². The summed E-state index contributed by atoms with van der Waals surface area (Å²) in [4.78, 5) is 25.3. The standard InChI is InChI=1S/C23H41N7O.HI/c1-17(2)30(18(3)4)14-8-12-27-23(25-5)28-15-19-9-6-11-26-22(19)29-13-7-10-20(16-29)21(24)31;/h6,9,11,17-18,20H,7-8,10,12-16H2,1-5H3,(H2,24,31)(H2,25,27,28);1H. The summed E-state index contributed by atoms with van der Waals surface area (Å²) in [5.41, 5.74) is 6.63. The number of carbonyl (C=O) groups is 1. The molecule has 32 heavy (non-hydrogen) atoms. The van der Waals surface area contributed by atoms with Crippen molar-refractivity contribution in [2.75, 3.05) is 38.1 Å². The number of nitrogens with zero attached hydrogens (tertiary/aromatic N) is 4. The van der Waals surface area contributed by atoms with Gasteiger partial charge in [-0.1, -0.05) is 6.07 Å². The maximum atomic E-state index is 11.6. The van der Waals surface area contributed by atoms with Crippen LogP contribution in [0, 0.1) is 5.92 Å². The van der Waals surface area contributed by atoms with E-state index in [-0.39, 0.29) is 35.8 Å². The predicted octanol–water partition coefficient (Wildman–Crippen LogP) is 2.58. The molecule has 0 spiro atoms. The van der Waals surface area contributed by atoms with Crippen LogP contribution in [-0.4, -0.2) is 67.1 Å². The molecule has 1 amide bonds. The highest BCUT2D eigenvalue weighted by Gasteiger charge is 2.26. The van der Waals surface area contributed by atoms with Gasteiger partial charge in [-0.25, -0.2) is 4.98 Å². The summed E-state index contributed by atoms with van der Waals surface area (Å²) in [6.45, 7) is 13.0. The van der Waals surface area contributed by atoms with Crippen molar-refractivity contribution in [3.05, 3.63) is 23.9 Å². The zero-order chi connectivity index (χ0) is 22.8. The van der Waals surface area contributed by atoms with Crippen LogP contribution in [0.5, 0.6) is 0 Å². The zero-order valence-electron chi connectivity index (χ0n) is 20.3. The lowest BCUT2D eigenvalue weighted by Gasteiger charge is -2.33. The second kappa shape index (κ2) is 14.5. The number of aliphatic imine (C=N–C) groups is 1. The average Bonchev–Trinajstić information content (AvgIpc) is 2.75. The highest BCUT2D eigenvalue weighted by atomic mass is 127. The molecule has 2 rings (SSSR count). The van der Waals surface area contributed by atoms with Crippen molar-refractivity contribution in [1.29, 1.82) is 0 Å². The Morgan fingerprint density at radius 3 is 2.66 bits per heavy atom. The molecule has 2 heterocycles. The number of primary amides is 1. The van der Waals surface area contributed by atoms with E-state index in [1.54, 1.807) is 13.2 Å². The molecule has 182 valence electrons. The molecule has 0 aromatic carbocycles. The molecular weight excluding hydrogens is 517 g/mol. The number of anilines is 1. The van der Waals surface area contributed by atoms with Crippen LogP contribution >= 0.6 is 24.0 Å². The van der Waals surface area contributed by atoms with Crippen LogP contribution in [0.2, 0.25) is 0 Å². The van der Waals surface area contributed by atoms with Crippen LogP contribution in [0.25, 0.3) is 0 Å². The maximum Gasteiger partial charge on any atom is 0.222 e. The van der Waals surface area contributed by atoms with E-state index in [4.69, 9.17) is 5.73 Å². The molecule has 1 saturated heterocycles. The van der Waals surface area contributed by atoms with Crippen molar-refractivity contribution in [3.8, 4) is 0 Å². The number of pyridine rings is 1. The van der Waals surface area contributed by atoms with Gasteiger partial charge in [0, 0.05) is 63.6 Å². The summed E-state index contributed by atoms with van der Waals surface area (Å²) in [6, 6.07) is 5.11. The van der Waals surface area contributed by atoms with E-state index in [0.29, 0.717) is 25.2 Å². The molecule has 1 fully saturated rings. The number of rotatable bonds is 10. The number of hydrogen-bond acceptors (Lipinski definition) is 5. The van der Waals surface area contributed by atoms with Crippen LogP contribution in [0.1, 0.15) is 52.5 Å². The van der Waals surface area contributed by atoms with Gasteiger partial charge in [0.05, 0.1) is 5.92 Å². The third-order valence-electron chi connectivity index (χ3n) is 5.87. The van der Waals surface area contributed by atoms with Gasteiger partial charge in [-0.15, -0.1) is 24.0 Å². The molecule has 8 nitrogen and oxygen atoms in total. The van der Waals surface area contributed by atoms with E-state index < -0.39 is 0 Å². The van der Waals surface area contributed by atoms with E-state index in [1.807, 2.05) is 6.07 Å². The number of nitrogens with one attached hydrogen (secondary N) is 2. The maximum absolute atomic E-state index is 11.6. The lowest BCUT2D eigenvalue weighted by Crippen LogP contribution is -2.43. The Kier molecular flexibility index (Phi) is 12.9. The highest BCUT2D eigenvalue weighted by molar-refractivity contribution is 14.0. The van der Waals surface area contributed by atoms with Crippen LogP contribution < -0.4 is 21.3 Å². The Balaban J connectivity index is 0.00000512. The fourth-order valence-electron chi connectivity index (χ4n) is 4.24. The monoisotopic (exact) mass is 559 g/mol. The summed E-state index contributed by atoms with van der Waals surface area (Å²) in [5.74, 6) is 1.37. The van der Waals surface area contributed by atoms with Gasteiger partial charge < -0.3 is 21.3 Å².